The molecule has 1 aromatic carbocycles. The van der Waals surface area contributed by atoms with Gasteiger partial charge in [-0.2, -0.15) is 0 Å². The van der Waals surface area contributed by atoms with E-state index >= 15 is 0 Å². The maximum absolute atomic E-state index is 11.8. The molecule has 0 unspecified atom stereocenters. The molecular weight excluding hydrogens is 256 g/mol. The van der Waals surface area contributed by atoms with Gasteiger partial charge in [0.25, 0.3) is 5.91 Å². The fraction of sp³-hybridized carbons (Fsp3) is 0.357. The minimum atomic E-state index is -0.226. The molecule has 6 nitrogen and oxygen atoms in total. The molecule has 6 heteroatoms. The largest absolute Gasteiger partial charge is 0.396 e. The number of aromatic nitrogens is 3. The Morgan fingerprint density at radius 2 is 2.00 bits per heavy atom. The van der Waals surface area contributed by atoms with E-state index in [1.807, 2.05) is 30.3 Å². The van der Waals surface area contributed by atoms with Crippen LogP contribution in [0.25, 0.3) is 5.69 Å². The molecule has 20 heavy (non-hydrogen) atoms. The van der Waals surface area contributed by atoms with Crippen LogP contribution in [0.15, 0.2) is 36.5 Å². The molecule has 2 N–H and O–H groups in total. The maximum Gasteiger partial charge on any atom is 0.273 e. The number of aliphatic hydroxyl groups is 1. The maximum atomic E-state index is 11.8. The Morgan fingerprint density at radius 1 is 1.20 bits per heavy atom. The van der Waals surface area contributed by atoms with Gasteiger partial charge in [-0.25, -0.2) is 4.68 Å². The first-order valence-corrected chi connectivity index (χ1v) is 6.68. The van der Waals surface area contributed by atoms with Crippen LogP contribution >= 0.6 is 0 Å². The second kappa shape index (κ2) is 7.40. The van der Waals surface area contributed by atoms with Gasteiger partial charge in [0.2, 0.25) is 0 Å². The Bertz CT molecular complexity index is 539. The Hall–Kier alpha value is -2.21. The van der Waals surface area contributed by atoms with Crippen LogP contribution in [0.3, 0.4) is 0 Å². The predicted octanol–water partition coefficient (Wildman–Crippen LogP) is 1.16. The van der Waals surface area contributed by atoms with Crippen LogP contribution in [-0.2, 0) is 0 Å². The van der Waals surface area contributed by atoms with Crippen molar-refractivity contribution in [3.8, 4) is 5.69 Å². The Labute approximate surface area is 117 Å². The summed E-state index contributed by atoms with van der Waals surface area (Å²) >= 11 is 0. The first-order valence-electron chi connectivity index (χ1n) is 6.68. The molecule has 0 saturated carbocycles. The zero-order chi connectivity index (χ0) is 14.2. The number of hydrogen-bond acceptors (Lipinski definition) is 4. The molecular formula is C14H18N4O2. The summed E-state index contributed by atoms with van der Waals surface area (Å²) in [5.41, 5.74) is 1.16. The standard InChI is InChI=1S/C14H18N4O2/c19-10-6-2-5-9-15-14(20)13-11-18(17-16-13)12-7-3-1-4-8-12/h1,3-4,7-8,11,19H,2,5-6,9-10H2,(H,15,20). The highest BCUT2D eigenvalue weighted by molar-refractivity contribution is 5.91. The number of benzene rings is 1. The molecule has 0 radical (unpaired) electrons. The van der Waals surface area contributed by atoms with E-state index in [2.05, 4.69) is 15.6 Å². The quantitative estimate of drug-likeness (QED) is 0.742. The fourth-order valence-corrected chi connectivity index (χ4v) is 1.78. The summed E-state index contributed by atoms with van der Waals surface area (Å²) in [7, 11) is 0. The van der Waals surface area contributed by atoms with Crippen molar-refractivity contribution in [2.75, 3.05) is 13.2 Å². The van der Waals surface area contributed by atoms with Crippen molar-refractivity contribution in [3.05, 3.63) is 42.2 Å². The van der Waals surface area contributed by atoms with E-state index in [0.717, 1.165) is 24.9 Å². The van der Waals surface area contributed by atoms with Crippen LogP contribution in [0, 0.1) is 0 Å². The number of amides is 1. The lowest BCUT2D eigenvalue weighted by Crippen LogP contribution is -2.24. The molecule has 1 aromatic heterocycles. The highest BCUT2D eigenvalue weighted by Gasteiger charge is 2.10. The molecule has 0 bridgehead atoms. The highest BCUT2D eigenvalue weighted by Crippen LogP contribution is 2.05. The summed E-state index contributed by atoms with van der Waals surface area (Å²) in [6.07, 6.45) is 4.12. The van der Waals surface area contributed by atoms with Crippen molar-refractivity contribution >= 4 is 5.91 Å². The average molecular weight is 274 g/mol. The van der Waals surface area contributed by atoms with Gasteiger partial charge in [0.1, 0.15) is 0 Å². The summed E-state index contributed by atoms with van der Waals surface area (Å²) in [5.74, 6) is -0.226. The normalized spacial score (nSPS) is 10.4. The number of nitrogens with zero attached hydrogens (tertiary/aromatic N) is 3. The lowest BCUT2D eigenvalue weighted by atomic mass is 10.2. The molecule has 0 spiro atoms. The summed E-state index contributed by atoms with van der Waals surface area (Å²) < 4.78 is 1.57. The van der Waals surface area contributed by atoms with Crippen LogP contribution in [0.5, 0.6) is 0 Å². The van der Waals surface area contributed by atoms with Gasteiger partial charge in [-0.15, -0.1) is 5.10 Å². The molecule has 0 atom stereocenters. The van der Waals surface area contributed by atoms with Gasteiger partial charge in [-0.3, -0.25) is 4.79 Å². The first-order chi connectivity index (χ1) is 9.81. The van der Waals surface area contributed by atoms with E-state index in [1.54, 1.807) is 10.9 Å². The minimum Gasteiger partial charge on any atom is -0.396 e. The van der Waals surface area contributed by atoms with E-state index in [9.17, 15) is 4.79 Å². The third-order valence-electron chi connectivity index (χ3n) is 2.87. The van der Waals surface area contributed by atoms with Gasteiger partial charge in [0.15, 0.2) is 5.69 Å². The Balaban J connectivity index is 1.87. The number of nitrogens with one attached hydrogen (secondary N) is 1. The summed E-state index contributed by atoms with van der Waals surface area (Å²) in [6.45, 7) is 0.774. The third kappa shape index (κ3) is 3.89. The summed E-state index contributed by atoms with van der Waals surface area (Å²) in [6, 6.07) is 9.51. The number of carbonyl (C=O) groups is 1. The van der Waals surface area contributed by atoms with Gasteiger partial charge in [-0.1, -0.05) is 23.4 Å². The third-order valence-corrected chi connectivity index (χ3v) is 2.87. The molecule has 0 aliphatic rings. The fourth-order valence-electron chi connectivity index (χ4n) is 1.78. The molecule has 1 heterocycles. The zero-order valence-corrected chi connectivity index (χ0v) is 11.2. The van der Waals surface area contributed by atoms with E-state index in [1.165, 1.54) is 0 Å². The molecule has 0 saturated heterocycles. The summed E-state index contributed by atoms with van der Waals surface area (Å²) in [5, 5.41) is 19.2. The molecule has 0 fully saturated rings. The molecule has 0 aliphatic carbocycles. The predicted molar refractivity (Wildman–Crippen MR) is 74.6 cm³/mol. The lowest BCUT2D eigenvalue weighted by molar-refractivity contribution is 0.0948. The van der Waals surface area contributed by atoms with Gasteiger partial charge < -0.3 is 10.4 Å². The Morgan fingerprint density at radius 3 is 2.75 bits per heavy atom. The van der Waals surface area contributed by atoms with Crippen molar-refractivity contribution in [2.24, 2.45) is 0 Å². The van der Waals surface area contributed by atoms with E-state index in [0.29, 0.717) is 12.2 Å². The minimum absolute atomic E-state index is 0.194. The molecule has 1 amide bonds. The molecule has 2 rings (SSSR count). The van der Waals surface area contributed by atoms with Crippen molar-refractivity contribution in [1.82, 2.24) is 20.3 Å². The molecule has 2 aromatic rings. The van der Waals surface area contributed by atoms with Gasteiger partial charge in [0.05, 0.1) is 11.9 Å². The van der Waals surface area contributed by atoms with Gasteiger partial charge in [-0.05, 0) is 31.4 Å². The van der Waals surface area contributed by atoms with Crippen LogP contribution in [0.1, 0.15) is 29.8 Å². The van der Waals surface area contributed by atoms with Gasteiger partial charge >= 0.3 is 0 Å². The van der Waals surface area contributed by atoms with Crippen molar-refractivity contribution in [2.45, 2.75) is 19.3 Å². The number of aliphatic hydroxyl groups excluding tert-OH is 1. The van der Waals surface area contributed by atoms with Crippen LogP contribution in [0.4, 0.5) is 0 Å². The van der Waals surface area contributed by atoms with E-state index < -0.39 is 0 Å². The van der Waals surface area contributed by atoms with Crippen LogP contribution < -0.4 is 5.32 Å². The Kier molecular flexibility index (Phi) is 5.25. The van der Waals surface area contributed by atoms with E-state index in [4.69, 9.17) is 5.11 Å². The number of para-hydroxylation sites is 1. The van der Waals surface area contributed by atoms with Crippen molar-refractivity contribution in [1.29, 1.82) is 0 Å². The zero-order valence-electron chi connectivity index (χ0n) is 11.2. The SMILES string of the molecule is O=C(NCCCCCO)c1cn(-c2ccccc2)nn1. The van der Waals surface area contributed by atoms with Crippen LogP contribution in [-0.4, -0.2) is 39.2 Å². The molecule has 0 aliphatic heterocycles. The first kappa shape index (κ1) is 14.2. The number of carbonyl (C=O) groups excluding carboxylic acids is 1. The van der Waals surface area contributed by atoms with Gasteiger partial charge in [0, 0.05) is 13.2 Å². The smallest absolute Gasteiger partial charge is 0.273 e. The van der Waals surface area contributed by atoms with Crippen LogP contribution in [0.2, 0.25) is 0 Å². The number of unbranched alkanes of at least 4 members (excludes halogenated alkanes) is 2. The second-order valence-corrected chi connectivity index (χ2v) is 4.42. The summed E-state index contributed by atoms with van der Waals surface area (Å²) in [4.78, 5) is 11.8. The monoisotopic (exact) mass is 274 g/mol. The lowest BCUT2D eigenvalue weighted by Gasteiger charge is -2.01. The topological polar surface area (TPSA) is 80.0 Å². The number of hydrogen-bond donors (Lipinski definition) is 2. The average Bonchev–Trinajstić information content (AvgIpc) is 2.98. The number of rotatable bonds is 7. The van der Waals surface area contributed by atoms with Crippen molar-refractivity contribution < 1.29 is 9.90 Å². The molecule has 106 valence electrons. The van der Waals surface area contributed by atoms with E-state index in [-0.39, 0.29) is 12.5 Å². The second-order valence-electron chi connectivity index (χ2n) is 4.42. The highest BCUT2D eigenvalue weighted by atomic mass is 16.2. The van der Waals surface area contributed by atoms with Crippen molar-refractivity contribution in [3.63, 3.8) is 0 Å².